The molecule has 11 heteroatoms. The zero-order valence-corrected chi connectivity index (χ0v) is 27.1. The number of aliphatic hydroxyl groups is 2. The minimum atomic E-state index is -1.18. The average molecular weight is 618 g/mol. The van der Waals surface area contributed by atoms with E-state index in [-0.39, 0.29) is 18.6 Å². The number of rotatable bonds is 12. The Balaban J connectivity index is 1.35. The van der Waals surface area contributed by atoms with Crippen molar-refractivity contribution >= 4 is 36.3 Å². The maximum atomic E-state index is 12.1. The highest BCUT2D eigenvalue weighted by Crippen LogP contribution is 2.41. The second kappa shape index (κ2) is 13.4. The summed E-state index contributed by atoms with van der Waals surface area (Å²) in [7, 11) is -1.16. The predicted molar refractivity (Wildman–Crippen MR) is 175 cm³/mol. The fourth-order valence-corrected chi connectivity index (χ4v) is 6.03. The first-order valence-electron chi connectivity index (χ1n) is 15.0. The first kappa shape index (κ1) is 31.5. The average Bonchev–Trinajstić information content (AvgIpc) is 3.38. The third kappa shape index (κ3) is 7.41. The molecule has 0 bridgehead atoms. The Morgan fingerprint density at radius 1 is 1.05 bits per heavy atom. The summed E-state index contributed by atoms with van der Waals surface area (Å²) >= 11 is 0. The van der Waals surface area contributed by atoms with Crippen molar-refractivity contribution in [2.45, 2.75) is 71.4 Å². The number of nitrogens with one attached hydrogen (secondary N) is 1. The zero-order valence-electron chi connectivity index (χ0n) is 26.1. The van der Waals surface area contributed by atoms with Gasteiger partial charge >= 0.3 is 0 Å². The number of aliphatic hydroxyl groups excluding tert-OH is 2. The van der Waals surface area contributed by atoms with Gasteiger partial charge in [-0.2, -0.15) is 5.10 Å². The Hall–Kier alpha value is -3.90. The van der Waals surface area contributed by atoms with E-state index in [0.717, 1.165) is 34.8 Å². The van der Waals surface area contributed by atoms with E-state index in [1.807, 2.05) is 66.0 Å². The number of amides is 1. The number of para-hydroxylation sites is 1. The number of ether oxygens (including phenoxy) is 2. The number of aromatic nitrogens is 2. The molecule has 2 atom stereocenters. The van der Waals surface area contributed by atoms with Gasteiger partial charge < -0.3 is 29.9 Å². The molecule has 0 saturated carbocycles. The topological polar surface area (TPSA) is 112 Å². The summed E-state index contributed by atoms with van der Waals surface area (Å²) in [6, 6.07) is 21.8. The van der Waals surface area contributed by atoms with Crippen LogP contribution in [0, 0.1) is 0 Å². The van der Waals surface area contributed by atoms with Crippen LogP contribution < -0.4 is 19.9 Å². The summed E-state index contributed by atoms with van der Waals surface area (Å²) < 4.78 is 13.5. The number of hydrogen-bond acceptors (Lipinski definition) is 8. The smallest absolute Gasteiger partial charge is 0.258 e. The number of carbonyl (C=O) groups is 1. The Morgan fingerprint density at radius 2 is 1.84 bits per heavy atom. The number of benzene rings is 3. The highest BCUT2D eigenvalue weighted by molar-refractivity contribution is 6.76. The van der Waals surface area contributed by atoms with Gasteiger partial charge in [0, 0.05) is 55.7 Å². The van der Waals surface area contributed by atoms with Gasteiger partial charge in [-0.3, -0.25) is 9.69 Å². The van der Waals surface area contributed by atoms with Crippen molar-refractivity contribution in [2.24, 2.45) is 0 Å². The van der Waals surface area contributed by atoms with Crippen LogP contribution in [-0.2, 0) is 22.8 Å². The van der Waals surface area contributed by atoms with Crippen molar-refractivity contribution in [1.29, 1.82) is 0 Å². The molecule has 1 aliphatic rings. The Bertz CT molecular complexity index is 1590. The first-order valence-corrected chi connectivity index (χ1v) is 18.8. The van der Waals surface area contributed by atoms with Gasteiger partial charge in [-0.1, -0.05) is 50.0 Å². The van der Waals surface area contributed by atoms with Crippen molar-refractivity contribution in [3.8, 4) is 5.75 Å². The molecule has 0 saturated heterocycles. The minimum absolute atomic E-state index is 0.0117. The highest BCUT2D eigenvalue weighted by atomic mass is 28.3. The lowest BCUT2D eigenvalue weighted by Gasteiger charge is -2.46. The molecule has 4 aromatic rings. The molecule has 3 aromatic carbocycles. The van der Waals surface area contributed by atoms with Crippen molar-refractivity contribution < 1.29 is 24.5 Å². The molecule has 44 heavy (non-hydrogen) atoms. The Morgan fingerprint density at radius 3 is 2.61 bits per heavy atom. The van der Waals surface area contributed by atoms with E-state index >= 15 is 0 Å². The SMILES string of the molecule is CC(C)NC(=O)COc1cccc(N2C(O)c3ccccc3N(Cc3ccc4c(cnn4COCC[Si](C)(C)C)c3)C2O)c1. The van der Waals surface area contributed by atoms with E-state index in [4.69, 9.17) is 9.47 Å². The zero-order chi connectivity index (χ0) is 31.4. The maximum Gasteiger partial charge on any atom is 0.258 e. The molecular weight excluding hydrogens is 574 g/mol. The van der Waals surface area contributed by atoms with E-state index in [9.17, 15) is 15.0 Å². The largest absolute Gasteiger partial charge is 0.484 e. The number of fused-ring (bicyclic) bond motifs is 2. The summed E-state index contributed by atoms with van der Waals surface area (Å²) in [5, 5.41) is 31.5. The van der Waals surface area contributed by atoms with Crippen molar-refractivity contribution in [1.82, 2.24) is 15.1 Å². The second-order valence-corrected chi connectivity index (χ2v) is 18.3. The van der Waals surface area contributed by atoms with E-state index in [2.05, 4.69) is 36.1 Å². The van der Waals surface area contributed by atoms with Crippen LogP contribution in [0.15, 0.2) is 72.9 Å². The molecule has 234 valence electrons. The number of anilines is 2. The van der Waals surface area contributed by atoms with Gasteiger partial charge in [0.1, 0.15) is 12.5 Å². The van der Waals surface area contributed by atoms with Crippen LogP contribution in [0.1, 0.15) is 31.2 Å². The second-order valence-electron chi connectivity index (χ2n) is 12.7. The molecule has 1 aliphatic heterocycles. The first-order chi connectivity index (χ1) is 21.0. The Labute approximate surface area is 259 Å². The molecule has 1 aromatic heterocycles. The van der Waals surface area contributed by atoms with Gasteiger partial charge in [0.2, 0.25) is 6.35 Å². The summed E-state index contributed by atoms with van der Waals surface area (Å²) in [4.78, 5) is 15.5. The van der Waals surface area contributed by atoms with Gasteiger partial charge in [-0.15, -0.1) is 0 Å². The lowest BCUT2D eigenvalue weighted by atomic mass is 10.0. The van der Waals surface area contributed by atoms with E-state index in [1.54, 1.807) is 24.3 Å². The highest BCUT2D eigenvalue weighted by Gasteiger charge is 2.37. The third-order valence-electron chi connectivity index (χ3n) is 7.52. The van der Waals surface area contributed by atoms with Crippen LogP contribution in [-0.4, -0.2) is 59.6 Å². The van der Waals surface area contributed by atoms with Crippen LogP contribution in [0.4, 0.5) is 11.4 Å². The van der Waals surface area contributed by atoms with E-state index in [1.165, 1.54) is 4.90 Å². The number of hydrogen-bond donors (Lipinski definition) is 3. The predicted octanol–water partition coefficient (Wildman–Crippen LogP) is 5.05. The summed E-state index contributed by atoms with van der Waals surface area (Å²) in [5.74, 6) is 0.235. The maximum absolute atomic E-state index is 12.1. The Kier molecular flexibility index (Phi) is 9.59. The van der Waals surface area contributed by atoms with Crippen molar-refractivity contribution in [2.75, 3.05) is 23.0 Å². The molecule has 3 N–H and O–H groups in total. The lowest BCUT2D eigenvalue weighted by Crippen LogP contribution is -2.54. The van der Waals surface area contributed by atoms with Crippen molar-refractivity contribution in [3.05, 3.63) is 84.1 Å². The number of carbonyl (C=O) groups excluding carboxylic acids is 1. The van der Waals surface area contributed by atoms with Crippen LogP contribution in [0.2, 0.25) is 25.7 Å². The van der Waals surface area contributed by atoms with E-state index in [0.29, 0.717) is 30.3 Å². The normalized spacial score (nSPS) is 16.8. The van der Waals surface area contributed by atoms with Crippen LogP contribution in [0.5, 0.6) is 5.75 Å². The van der Waals surface area contributed by atoms with E-state index < -0.39 is 20.7 Å². The van der Waals surface area contributed by atoms with Gasteiger partial charge in [-0.05, 0) is 55.8 Å². The molecule has 0 fully saturated rings. The summed E-state index contributed by atoms with van der Waals surface area (Å²) in [6.07, 6.45) is -0.444. The minimum Gasteiger partial charge on any atom is -0.484 e. The van der Waals surface area contributed by atoms with Gasteiger partial charge in [0.15, 0.2) is 12.8 Å². The standard InChI is InChI=1S/C33H43N5O5Si/c1-23(2)35-31(39)21-43-27-10-8-9-26(18-27)38-32(40)28-11-6-7-12-30(28)36(33(38)41)20-24-13-14-29-25(17-24)19-34-37(29)22-42-15-16-44(3,4)5/h6-14,17-19,23,32-33,40-41H,15-16,20-22H2,1-5H3,(H,35,39). The molecule has 0 radical (unpaired) electrons. The van der Waals surface area contributed by atoms with Gasteiger partial charge in [0.05, 0.1) is 11.7 Å². The van der Waals surface area contributed by atoms with Crippen LogP contribution in [0.25, 0.3) is 10.9 Å². The quantitative estimate of drug-likeness (QED) is 0.150. The lowest BCUT2D eigenvalue weighted by molar-refractivity contribution is -0.123. The fraction of sp³-hybridized carbons (Fsp3) is 0.394. The van der Waals surface area contributed by atoms with Gasteiger partial charge in [-0.25, -0.2) is 4.68 Å². The molecule has 0 spiro atoms. The molecule has 2 heterocycles. The van der Waals surface area contributed by atoms with Crippen LogP contribution >= 0.6 is 0 Å². The molecule has 0 aliphatic carbocycles. The molecule has 1 amide bonds. The summed E-state index contributed by atoms with van der Waals surface area (Å²) in [6.45, 7) is 12.2. The third-order valence-corrected chi connectivity index (χ3v) is 9.22. The van der Waals surface area contributed by atoms with Crippen molar-refractivity contribution in [3.63, 3.8) is 0 Å². The summed E-state index contributed by atoms with van der Waals surface area (Å²) in [5.41, 5.74) is 3.93. The fourth-order valence-electron chi connectivity index (χ4n) is 5.27. The molecule has 10 nitrogen and oxygen atoms in total. The molecule has 5 rings (SSSR count). The molecular formula is C33H43N5O5Si. The van der Waals surface area contributed by atoms with Crippen LogP contribution in [0.3, 0.4) is 0 Å². The monoisotopic (exact) mass is 617 g/mol. The number of nitrogens with zero attached hydrogens (tertiary/aromatic N) is 4. The molecule has 2 unspecified atom stereocenters. The van der Waals surface area contributed by atoms with Gasteiger partial charge in [0.25, 0.3) is 5.91 Å².